The second kappa shape index (κ2) is 9.96. The largest absolute Gasteiger partial charge is 0.331 e. The highest BCUT2D eigenvalue weighted by atomic mass is 28.3. The maximum atomic E-state index is 4.05. The first-order valence-electron chi connectivity index (χ1n) is 8.84. The topological polar surface area (TPSA) is 15.3 Å². The van der Waals surface area contributed by atoms with Crippen LogP contribution in [0.15, 0.2) is 0 Å². The number of nitrogens with one attached hydrogen (secondary N) is 1. The average molecular weight is 301 g/mol. The van der Waals surface area contributed by atoms with Gasteiger partial charge in [-0.3, -0.25) is 0 Å². The number of hydrogen-bond acceptors (Lipinski definition) is 2. The Kier molecular flexibility index (Phi) is 10.0. The van der Waals surface area contributed by atoms with Crippen molar-refractivity contribution in [3.8, 4) is 0 Å². The third kappa shape index (κ3) is 8.43. The van der Waals surface area contributed by atoms with Crippen molar-refractivity contribution in [3.05, 3.63) is 0 Å². The van der Waals surface area contributed by atoms with Crippen LogP contribution in [0.25, 0.3) is 0 Å². The molecule has 0 aliphatic carbocycles. The van der Waals surface area contributed by atoms with Gasteiger partial charge in [0.1, 0.15) is 8.24 Å². The van der Waals surface area contributed by atoms with Gasteiger partial charge in [0, 0.05) is 12.1 Å². The van der Waals surface area contributed by atoms with Gasteiger partial charge in [-0.1, -0.05) is 60.2 Å². The minimum Gasteiger partial charge on any atom is -0.331 e. The third-order valence-electron chi connectivity index (χ3n) is 4.18. The van der Waals surface area contributed by atoms with E-state index in [0.717, 1.165) is 0 Å². The Balaban J connectivity index is 4.77. The zero-order valence-electron chi connectivity index (χ0n) is 15.3. The van der Waals surface area contributed by atoms with Crippen LogP contribution in [0.2, 0.25) is 19.6 Å². The minimum atomic E-state index is -1.24. The van der Waals surface area contributed by atoms with Crippen LogP contribution in [0.4, 0.5) is 0 Å². The lowest BCUT2D eigenvalue weighted by molar-refractivity contribution is 0.181. The van der Waals surface area contributed by atoms with Crippen LogP contribution in [-0.4, -0.2) is 38.3 Å². The van der Waals surface area contributed by atoms with Crippen LogP contribution in [0, 0.1) is 0 Å². The molecule has 0 fully saturated rings. The smallest absolute Gasteiger partial charge is 0.116 e. The highest BCUT2D eigenvalue weighted by molar-refractivity contribution is 6.73. The predicted octanol–water partition coefficient (Wildman–Crippen LogP) is 4.87. The van der Waals surface area contributed by atoms with Gasteiger partial charge in [-0.25, -0.2) is 0 Å². The lowest BCUT2D eigenvalue weighted by atomic mass is 9.93. The summed E-state index contributed by atoms with van der Waals surface area (Å²) in [7, 11) is -1.24. The third-order valence-corrected chi connectivity index (χ3v) is 5.46. The number of hydrogen-bond donors (Lipinski definition) is 1. The molecule has 0 atom stereocenters. The van der Waals surface area contributed by atoms with Gasteiger partial charge in [-0.05, 0) is 38.8 Å². The van der Waals surface area contributed by atoms with Crippen LogP contribution >= 0.6 is 0 Å². The Morgan fingerprint density at radius 1 is 0.850 bits per heavy atom. The Morgan fingerprint density at radius 3 is 1.60 bits per heavy atom. The molecule has 1 N–H and O–H groups in total. The van der Waals surface area contributed by atoms with Crippen LogP contribution < -0.4 is 4.98 Å². The SMILES string of the molecule is CCCCN(CCCC)CC(CC)(CC)N[Si](C)(C)C. The van der Waals surface area contributed by atoms with Crippen LogP contribution in [0.3, 0.4) is 0 Å². The monoisotopic (exact) mass is 300 g/mol. The van der Waals surface area contributed by atoms with Gasteiger partial charge >= 0.3 is 0 Å². The number of unbranched alkanes of at least 4 members (excludes halogenated alkanes) is 2. The predicted molar refractivity (Wildman–Crippen MR) is 96.1 cm³/mol. The van der Waals surface area contributed by atoms with Gasteiger partial charge in [0.05, 0.1) is 0 Å². The molecule has 0 aromatic carbocycles. The van der Waals surface area contributed by atoms with E-state index < -0.39 is 8.24 Å². The second-order valence-electron chi connectivity index (χ2n) is 7.35. The van der Waals surface area contributed by atoms with Crippen molar-refractivity contribution < 1.29 is 0 Å². The maximum Gasteiger partial charge on any atom is 0.116 e. The summed E-state index contributed by atoms with van der Waals surface area (Å²) in [5.41, 5.74) is 0.325. The molecule has 0 saturated heterocycles. The molecule has 20 heavy (non-hydrogen) atoms. The molecular formula is C17H40N2Si. The standard InChI is InChI=1S/C17H40N2Si/c1-8-12-14-19(15-13-9-2)16-17(10-3,11-4)18-20(5,6)7/h18H,8-16H2,1-7H3. The molecule has 0 saturated carbocycles. The van der Waals surface area contributed by atoms with E-state index in [9.17, 15) is 0 Å². The summed E-state index contributed by atoms with van der Waals surface area (Å²) in [5, 5.41) is 0. The summed E-state index contributed by atoms with van der Waals surface area (Å²) >= 11 is 0. The van der Waals surface area contributed by atoms with E-state index >= 15 is 0 Å². The van der Waals surface area contributed by atoms with Crippen molar-refractivity contribution in [2.45, 2.75) is 91.4 Å². The normalized spacial score (nSPS) is 13.2. The Bertz CT molecular complexity index is 224. The van der Waals surface area contributed by atoms with Crippen molar-refractivity contribution in [1.29, 1.82) is 0 Å². The van der Waals surface area contributed by atoms with Gasteiger partial charge in [-0.15, -0.1) is 0 Å². The van der Waals surface area contributed by atoms with Crippen molar-refractivity contribution in [1.82, 2.24) is 9.88 Å². The molecule has 0 aliphatic heterocycles. The Hall–Kier alpha value is 0.137. The molecule has 0 unspecified atom stereocenters. The molecule has 0 aromatic heterocycles. The van der Waals surface area contributed by atoms with Crippen LogP contribution in [-0.2, 0) is 0 Å². The van der Waals surface area contributed by atoms with Gasteiger partial charge in [0.15, 0.2) is 0 Å². The minimum absolute atomic E-state index is 0.325. The number of rotatable bonds is 12. The summed E-state index contributed by atoms with van der Waals surface area (Å²) in [4.78, 5) is 6.77. The molecule has 0 aliphatic rings. The lowest BCUT2D eigenvalue weighted by Crippen LogP contribution is -2.61. The first kappa shape index (κ1) is 20.1. The fourth-order valence-corrected chi connectivity index (χ4v) is 4.97. The molecule has 0 rings (SSSR count). The highest BCUT2D eigenvalue weighted by Crippen LogP contribution is 2.20. The zero-order chi connectivity index (χ0) is 15.6. The maximum absolute atomic E-state index is 4.05. The Labute approximate surface area is 129 Å². The molecule has 2 nitrogen and oxygen atoms in total. The molecule has 0 heterocycles. The van der Waals surface area contributed by atoms with Gasteiger partial charge < -0.3 is 9.88 Å². The van der Waals surface area contributed by atoms with E-state index in [1.54, 1.807) is 0 Å². The zero-order valence-corrected chi connectivity index (χ0v) is 16.3. The highest BCUT2D eigenvalue weighted by Gasteiger charge is 2.32. The molecule has 0 aromatic rings. The summed E-state index contributed by atoms with van der Waals surface area (Å²) in [5.74, 6) is 0. The average Bonchev–Trinajstić information content (AvgIpc) is 2.39. The summed E-state index contributed by atoms with van der Waals surface area (Å²) in [6.45, 7) is 20.3. The number of nitrogens with zero attached hydrogens (tertiary/aromatic N) is 1. The van der Waals surface area contributed by atoms with E-state index in [1.165, 1.54) is 58.2 Å². The van der Waals surface area contributed by atoms with E-state index in [0.29, 0.717) is 5.54 Å². The van der Waals surface area contributed by atoms with Crippen molar-refractivity contribution in [3.63, 3.8) is 0 Å². The van der Waals surface area contributed by atoms with E-state index in [1.807, 2.05) is 0 Å². The van der Waals surface area contributed by atoms with Crippen LogP contribution in [0.5, 0.6) is 0 Å². The summed E-state index contributed by atoms with van der Waals surface area (Å²) in [6, 6.07) is 0. The fraction of sp³-hybridized carbons (Fsp3) is 1.00. The molecule has 0 radical (unpaired) electrons. The van der Waals surface area contributed by atoms with E-state index in [4.69, 9.17) is 0 Å². The van der Waals surface area contributed by atoms with Crippen molar-refractivity contribution in [2.75, 3.05) is 19.6 Å². The second-order valence-corrected chi connectivity index (χ2v) is 12.1. The van der Waals surface area contributed by atoms with E-state index in [-0.39, 0.29) is 0 Å². The molecular weight excluding hydrogens is 260 g/mol. The van der Waals surface area contributed by atoms with Gasteiger partial charge in [0.2, 0.25) is 0 Å². The lowest BCUT2D eigenvalue weighted by Gasteiger charge is -2.42. The van der Waals surface area contributed by atoms with Crippen molar-refractivity contribution >= 4 is 8.24 Å². The molecule has 3 heteroatoms. The fourth-order valence-electron chi connectivity index (χ4n) is 2.95. The van der Waals surface area contributed by atoms with Crippen LogP contribution in [0.1, 0.15) is 66.2 Å². The molecule has 122 valence electrons. The summed E-state index contributed by atoms with van der Waals surface area (Å²) in [6.07, 6.45) is 7.75. The first-order chi connectivity index (χ1) is 9.32. The Morgan fingerprint density at radius 2 is 1.30 bits per heavy atom. The molecule has 0 amide bonds. The van der Waals surface area contributed by atoms with Gasteiger partial charge in [0.25, 0.3) is 0 Å². The van der Waals surface area contributed by atoms with Crippen molar-refractivity contribution in [2.24, 2.45) is 0 Å². The molecule has 0 spiro atoms. The quantitative estimate of drug-likeness (QED) is 0.517. The summed E-state index contributed by atoms with van der Waals surface area (Å²) < 4.78 is 0. The first-order valence-corrected chi connectivity index (χ1v) is 12.3. The van der Waals surface area contributed by atoms with Gasteiger partial charge in [-0.2, -0.15) is 0 Å². The van der Waals surface area contributed by atoms with E-state index in [2.05, 4.69) is 57.2 Å². The molecule has 0 bridgehead atoms.